The van der Waals surface area contributed by atoms with Crippen molar-refractivity contribution in [2.75, 3.05) is 0 Å². The lowest BCUT2D eigenvalue weighted by atomic mass is 10.2. The second-order valence-electron chi connectivity index (χ2n) is 3.40. The number of rotatable bonds is 4. The van der Waals surface area contributed by atoms with Crippen molar-refractivity contribution in [3.8, 4) is 0 Å². The molecule has 0 aliphatic carbocycles. The van der Waals surface area contributed by atoms with E-state index in [2.05, 4.69) is 4.98 Å². The van der Waals surface area contributed by atoms with Crippen molar-refractivity contribution in [2.24, 2.45) is 0 Å². The van der Waals surface area contributed by atoms with Crippen molar-refractivity contribution >= 4 is 11.8 Å². The van der Waals surface area contributed by atoms with Gasteiger partial charge in [-0.1, -0.05) is 25.1 Å². The molecule has 0 spiro atoms. The number of thioether (sulfide) groups is 1. The van der Waals surface area contributed by atoms with Crippen LogP contribution >= 0.6 is 11.8 Å². The number of aliphatic hydroxyl groups excluding tert-OH is 1. The Morgan fingerprint density at radius 2 is 2.06 bits per heavy atom. The number of aliphatic hydroxyl groups is 1. The molecule has 0 fully saturated rings. The number of benzene rings is 1. The highest BCUT2D eigenvalue weighted by atomic mass is 32.2. The van der Waals surface area contributed by atoms with Gasteiger partial charge >= 0.3 is 5.70 Å². The number of nitrogens with zero attached hydrogens (tertiary/aromatic N) is 2. The van der Waals surface area contributed by atoms with E-state index >= 15 is 0 Å². The summed E-state index contributed by atoms with van der Waals surface area (Å²) in [5, 5.41) is 18.2. The molecule has 1 rings (SSSR count). The van der Waals surface area contributed by atoms with Crippen LogP contribution in [0.1, 0.15) is 20.3 Å². The molecule has 1 aromatic carbocycles. The summed E-state index contributed by atoms with van der Waals surface area (Å²) in [6.07, 6.45) is 0.789. The number of diazo groups is 1. The third kappa shape index (κ3) is 3.28. The van der Waals surface area contributed by atoms with Crippen LogP contribution in [0.15, 0.2) is 46.7 Å². The van der Waals surface area contributed by atoms with Crippen molar-refractivity contribution in [2.45, 2.75) is 30.4 Å². The maximum absolute atomic E-state index is 9.40. The van der Waals surface area contributed by atoms with Gasteiger partial charge in [-0.3, -0.25) is 0 Å². The Morgan fingerprint density at radius 1 is 1.44 bits per heavy atom. The molecule has 4 heteroatoms. The molecule has 16 heavy (non-hydrogen) atoms. The second kappa shape index (κ2) is 6.19. The molecule has 1 N–H and O–H groups in total. The van der Waals surface area contributed by atoms with Gasteiger partial charge in [0.1, 0.15) is 5.25 Å². The molecule has 1 unspecified atom stereocenters. The van der Waals surface area contributed by atoms with Crippen molar-refractivity contribution in [3.63, 3.8) is 0 Å². The van der Waals surface area contributed by atoms with E-state index in [1.807, 2.05) is 37.3 Å². The fourth-order valence-corrected chi connectivity index (χ4v) is 2.50. The summed E-state index contributed by atoms with van der Waals surface area (Å²) in [5.41, 5.74) is 0.344. The predicted octanol–water partition coefficient (Wildman–Crippen LogP) is 4.20. The topological polar surface area (TPSA) is 48.4 Å². The Bertz CT molecular complexity index is 405. The molecule has 3 nitrogen and oxygen atoms in total. The Kier molecular flexibility index (Phi) is 4.87. The average Bonchev–Trinajstić information content (AvgIpc) is 2.29. The summed E-state index contributed by atoms with van der Waals surface area (Å²) < 4.78 is 0. The fraction of sp³-hybridized carbons (Fsp3) is 0.333. The number of allylic oxidation sites excluding steroid dienone is 1. The minimum atomic E-state index is -0.0302. The largest absolute Gasteiger partial charge is 0.505 e. The lowest BCUT2D eigenvalue weighted by molar-refractivity contribution is 0.406. The predicted molar refractivity (Wildman–Crippen MR) is 66.8 cm³/mol. The molecule has 0 saturated heterocycles. The van der Waals surface area contributed by atoms with E-state index in [9.17, 15) is 5.11 Å². The van der Waals surface area contributed by atoms with Crippen molar-refractivity contribution < 1.29 is 5.11 Å². The van der Waals surface area contributed by atoms with Gasteiger partial charge in [0.05, 0.1) is 0 Å². The van der Waals surface area contributed by atoms with Crippen molar-refractivity contribution in [1.82, 2.24) is 0 Å². The molecular formula is C12H15N2OS+. The Balaban J connectivity index is 2.86. The van der Waals surface area contributed by atoms with Crippen molar-refractivity contribution in [1.29, 1.82) is 5.39 Å². The highest BCUT2D eigenvalue weighted by molar-refractivity contribution is 8.00. The monoisotopic (exact) mass is 235 g/mol. The quantitative estimate of drug-likeness (QED) is 0.483. The van der Waals surface area contributed by atoms with Gasteiger partial charge in [-0.15, -0.1) is 11.8 Å². The second-order valence-corrected chi connectivity index (χ2v) is 4.67. The van der Waals surface area contributed by atoms with E-state index in [-0.39, 0.29) is 11.0 Å². The molecule has 0 aromatic heterocycles. The third-order valence-electron chi connectivity index (χ3n) is 2.18. The van der Waals surface area contributed by atoms with Crippen LogP contribution in [0.4, 0.5) is 0 Å². The van der Waals surface area contributed by atoms with Crippen LogP contribution in [0.5, 0.6) is 0 Å². The molecule has 0 aliphatic heterocycles. The maximum Gasteiger partial charge on any atom is 0.411 e. The zero-order valence-electron chi connectivity index (χ0n) is 9.42. The Hall–Kier alpha value is -1.47. The first kappa shape index (κ1) is 12.6. The lowest BCUT2D eigenvalue weighted by Crippen LogP contribution is -2.04. The molecule has 0 heterocycles. The van der Waals surface area contributed by atoms with Crippen LogP contribution in [-0.4, -0.2) is 10.4 Å². The SMILES string of the molecule is CCC(Sc1ccccc1)/C([N+]#N)=C(/C)O. The molecule has 0 saturated carbocycles. The maximum atomic E-state index is 9.40. The molecule has 0 bridgehead atoms. The summed E-state index contributed by atoms with van der Waals surface area (Å²) in [5.74, 6) is 0.0674. The van der Waals surface area contributed by atoms with Gasteiger partial charge in [-0.25, -0.2) is 0 Å². The van der Waals surface area contributed by atoms with Crippen molar-refractivity contribution in [3.05, 3.63) is 46.8 Å². The molecule has 1 aromatic rings. The van der Waals surface area contributed by atoms with Gasteiger partial charge < -0.3 is 5.11 Å². The summed E-state index contributed by atoms with van der Waals surface area (Å²) in [6.45, 7) is 3.53. The van der Waals surface area contributed by atoms with E-state index in [4.69, 9.17) is 5.39 Å². The zero-order valence-corrected chi connectivity index (χ0v) is 10.2. The molecular weight excluding hydrogens is 220 g/mol. The fourth-order valence-electron chi connectivity index (χ4n) is 1.37. The van der Waals surface area contributed by atoms with Crippen LogP contribution in [0.25, 0.3) is 4.98 Å². The number of hydrogen-bond acceptors (Lipinski definition) is 3. The number of hydrogen-bond donors (Lipinski definition) is 1. The Morgan fingerprint density at radius 3 is 2.50 bits per heavy atom. The van der Waals surface area contributed by atoms with E-state index in [0.717, 1.165) is 11.3 Å². The minimum absolute atomic E-state index is 0.0302. The first-order valence-electron chi connectivity index (χ1n) is 5.15. The molecule has 84 valence electrons. The normalized spacial score (nSPS) is 13.8. The molecule has 1 atom stereocenters. The smallest absolute Gasteiger partial charge is 0.411 e. The van der Waals surface area contributed by atoms with Gasteiger partial charge in [0.2, 0.25) is 5.39 Å². The first-order valence-corrected chi connectivity index (χ1v) is 6.03. The molecule has 0 aliphatic rings. The highest BCUT2D eigenvalue weighted by Gasteiger charge is 2.28. The van der Waals surface area contributed by atoms with Crippen LogP contribution in [-0.2, 0) is 0 Å². The van der Waals surface area contributed by atoms with E-state index in [1.165, 1.54) is 6.92 Å². The Labute approximate surface area is 99.8 Å². The van der Waals surface area contributed by atoms with Crippen LogP contribution < -0.4 is 0 Å². The first-order chi connectivity index (χ1) is 7.69. The van der Waals surface area contributed by atoms with Crippen LogP contribution in [0.3, 0.4) is 0 Å². The highest BCUT2D eigenvalue weighted by Crippen LogP contribution is 2.31. The van der Waals surface area contributed by atoms with Gasteiger partial charge in [-0.2, -0.15) is 0 Å². The standard InChI is InChI=1S/C12H14N2OS/c1-3-11(12(14-13)9(2)15)16-10-7-5-4-6-8-10/h4-8,11H,3H2,1-2H3/p+1/b12-9+. The van der Waals surface area contributed by atoms with Gasteiger partial charge in [0.25, 0.3) is 0 Å². The summed E-state index contributed by atoms with van der Waals surface area (Å²) >= 11 is 1.58. The van der Waals surface area contributed by atoms with Crippen LogP contribution in [0.2, 0.25) is 0 Å². The lowest BCUT2D eigenvalue weighted by Gasteiger charge is -2.07. The molecule has 0 amide bonds. The van der Waals surface area contributed by atoms with Crippen LogP contribution in [0, 0.1) is 5.39 Å². The summed E-state index contributed by atoms with van der Waals surface area (Å²) in [6, 6.07) is 9.86. The molecule has 0 radical (unpaired) electrons. The summed E-state index contributed by atoms with van der Waals surface area (Å²) in [7, 11) is 0. The minimum Gasteiger partial charge on any atom is -0.505 e. The summed E-state index contributed by atoms with van der Waals surface area (Å²) in [4.78, 5) is 4.26. The van der Waals surface area contributed by atoms with Gasteiger partial charge in [0, 0.05) is 11.8 Å². The third-order valence-corrected chi connectivity index (χ3v) is 3.56. The zero-order chi connectivity index (χ0) is 12.0. The van der Waals surface area contributed by atoms with Gasteiger partial charge in [-0.05, 0) is 18.6 Å². The van der Waals surface area contributed by atoms with E-state index in [0.29, 0.717) is 5.70 Å². The van der Waals surface area contributed by atoms with E-state index in [1.54, 1.807) is 11.8 Å². The van der Waals surface area contributed by atoms with Gasteiger partial charge in [0.15, 0.2) is 10.7 Å². The average molecular weight is 235 g/mol. The van der Waals surface area contributed by atoms with E-state index < -0.39 is 0 Å².